The van der Waals surface area contributed by atoms with Crippen molar-refractivity contribution in [2.75, 3.05) is 13.1 Å². The fraction of sp³-hybridized carbons (Fsp3) is 0.733. The summed E-state index contributed by atoms with van der Waals surface area (Å²) in [6.45, 7) is 9.13. The molecule has 0 aliphatic carbocycles. The Hall–Kier alpha value is -0.380. The number of nitrogens with two attached hydrogens (primary N) is 1. The summed E-state index contributed by atoms with van der Waals surface area (Å²) in [4.78, 5) is 5.64. The summed E-state index contributed by atoms with van der Waals surface area (Å²) in [7, 11) is 0. The molecule has 1 saturated heterocycles. The van der Waals surface area contributed by atoms with Crippen LogP contribution in [0.1, 0.15) is 49.4 Å². The first-order chi connectivity index (χ1) is 8.61. The summed E-state index contributed by atoms with van der Waals surface area (Å²) in [6, 6.07) is 5.53. The van der Waals surface area contributed by atoms with Crippen LogP contribution in [0, 0.1) is 5.92 Å². The van der Waals surface area contributed by atoms with E-state index >= 15 is 0 Å². The first-order valence-corrected chi connectivity index (χ1v) is 8.01. The monoisotopic (exact) mass is 266 g/mol. The average molecular weight is 266 g/mol. The van der Waals surface area contributed by atoms with Crippen LogP contribution < -0.4 is 5.73 Å². The number of rotatable bonds is 4. The van der Waals surface area contributed by atoms with E-state index in [1.807, 2.05) is 11.3 Å². The Morgan fingerprint density at radius 2 is 2.00 bits per heavy atom. The van der Waals surface area contributed by atoms with Crippen LogP contribution in [0.15, 0.2) is 12.1 Å². The molecule has 2 rings (SSSR count). The van der Waals surface area contributed by atoms with Gasteiger partial charge in [0.15, 0.2) is 0 Å². The number of nitrogens with zero attached hydrogens (tertiary/aromatic N) is 1. The van der Waals surface area contributed by atoms with Crippen LogP contribution in [0.2, 0.25) is 0 Å². The third kappa shape index (κ3) is 3.14. The van der Waals surface area contributed by atoms with E-state index < -0.39 is 0 Å². The maximum absolute atomic E-state index is 6.00. The second kappa shape index (κ2) is 6.18. The van der Waals surface area contributed by atoms with Crippen molar-refractivity contribution >= 4 is 11.3 Å². The first kappa shape index (κ1) is 14.0. The molecule has 0 spiro atoms. The largest absolute Gasteiger partial charge is 0.328 e. The number of thiophene rings is 1. The maximum Gasteiger partial charge on any atom is 0.0413 e. The summed E-state index contributed by atoms with van der Waals surface area (Å²) in [5, 5.41) is 0. The van der Waals surface area contributed by atoms with Crippen molar-refractivity contribution in [2.24, 2.45) is 11.7 Å². The zero-order valence-corrected chi connectivity index (χ0v) is 12.7. The van der Waals surface area contributed by atoms with E-state index in [0.717, 1.165) is 12.3 Å². The van der Waals surface area contributed by atoms with Crippen molar-refractivity contribution in [2.45, 2.75) is 52.1 Å². The van der Waals surface area contributed by atoms with E-state index in [9.17, 15) is 0 Å². The Balaban J connectivity index is 1.92. The molecule has 0 radical (unpaired) electrons. The third-order valence-electron chi connectivity index (χ3n) is 4.31. The summed E-state index contributed by atoms with van der Waals surface area (Å²) >= 11 is 1.98. The van der Waals surface area contributed by atoms with E-state index in [4.69, 9.17) is 5.73 Å². The molecule has 0 saturated carbocycles. The van der Waals surface area contributed by atoms with Crippen molar-refractivity contribution < 1.29 is 0 Å². The first-order valence-electron chi connectivity index (χ1n) is 7.20. The topological polar surface area (TPSA) is 29.3 Å². The molecule has 2 nitrogen and oxygen atoms in total. The van der Waals surface area contributed by atoms with Gasteiger partial charge in [-0.15, -0.1) is 11.3 Å². The highest BCUT2D eigenvalue weighted by Crippen LogP contribution is 2.31. The van der Waals surface area contributed by atoms with Gasteiger partial charge >= 0.3 is 0 Å². The van der Waals surface area contributed by atoms with E-state index in [2.05, 4.69) is 37.8 Å². The molecule has 102 valence electrons. The molecule has 1 fully saturated rings. The molecule has 0 amide bonds. The number of likely N-dealkylation sites (tertiary alicyclic amines) is 1. The average Bonchev–Trinajstić information content (AvgIpc) is 2.86. The number of aryl methyl sites for hydroxylation is 1. The van der Waals surface area contributed by atoms with Crippen LogP contribution in [0.25, 0.3) is 0 Å². The quantitative estimate of drug-likeness (QED) is 0.904. The minimum absolute atomic E-state index is 0.357. The molecule has 2 unspecified atom stereocenters. The van der Waals surface area contributed by atoms with E-state index in [-0.39, 0.29) is 0 Å². The summed E-state index contributed by atoms with van der Waals surface area (Å²) in [5.74, 6) is 0.725. The fourth-order valence-electron chi connectivity index (χ4n) is 2.82. The molecule has 0 aromatic carbocycles. The lowest BCUT2D eigenvalue weighted by Gasteiger charge is -2.37. The third-order valence-corrected chi connectivity index (χ3v) is 5.71. The number of hydrogen-bond donors (Lipinski definition) is 1. The predicted molar refractivity (Wildman–Crippen MR) is 80.1 cm³/mol. The molecule has 2 heterocycles. The van der Waals surface area contributed by atoms with Crippen LogP contribution in [-0.4, -0.2) is 24.0 Å². The highest BCUT2D eigenvalue weighted by atomic mass is 32.1. The number of hydrogen-bond acceptors (Lipinski definition) is 3. The van der Waals surface area contributed by atoms with Crippen LogP contribution in [0.3, 0.4) is 0 Å². The zero-order chi connectivity index (χ0) is 13.1. The molecule has 2 atom stereocenters. The van der Waals surface area contributed by atoms with Gasteiger partial charge in [-0.2, -0.15) is 0 Å². The van der Waals surface area contributed by atoms with Gasteiger partial charge in [-0.25, -0.2) is 0 Å². The van der Waals surface area contributed by atoms with Gasteiger partial charge in [0.2, 0.25) is 0 Å². The standard InChI is InChI=1S/C15H26N2S/c1-4-14-5-6-15(18-14)12(3)17-9-7-13(8-10-17)11(2)16/h5-6,11-13H,4,7-10,16H2,1-3H3. The van der Waals surface area contributed by atoms with Gasteiger partial charge in [0, 0.05) is 21.8 Å². The fourth-order valence-corrected chi connectivity index (χ4v) is 3.86. The highest BCUT2D eigenvalue weighted by Gasteiger charge is 2.25. The van der Waals surface area contributed by atoms with Gasteiger partial charge in [0.25, 0.3) is 0 Å². The van der Waals surface area contributed by atoms with Crippen molar-refractivity contribution in [3.05, 3.63) is 21.9 Å². The van der Waals surface area contributed by atoms with Gasteiger partial charge in [0.1, 0.15) is 0 Å². The van der Waals surface area contributed by atoms with Crippen molar-refractivity contribution in [3.63, 3.8) is 0 Å². The normalized spacial score (nSPS) is 22.0. The number of piperidine rings is 1. The van der Waals surface area contributed by atoms with Gasteiger partial charge < -0.3 is 5.73 Å². The Morgan fingerprint density at radius 3 is 2.50 bits per heavy atom. The molecule has 3 heteroatoms. The van der Waals surface area contributed by atoms with Gasteiger partial charge in [0.05, 0.1) is 0 Å². The van der Waals surface area contributed by atoms with Crippen molar-refractivity contribution in [1.82, 2.24) is 4.90 Å². The molecule has 1 aromatic heterocycles. The lowest BCUT2D eigenvalue weighted by Crippen LogP contribution is -2.40. The van der Waals surface area contributed by atoms with Crippen molar-refractivity contribution in [3.8, 4) is 0 Å². The SMILES string of the molecule is CCc1ccc(C(C)N2CCC(C(C)N)CC2)s1. The lowest BCUT2D eigenvalue weighted by molar-refractivity contribution is 0.134. The summed E-state index contributed by atoms with van der Waals surface area (Å²) in [6.07, 6.45) is 3.67. The van der Waals surface area contributed by atoms with E-state index in [1.165, 1.54) is 35.7 Å². The smallest absolute Gasteiger partial charge is 0.0413 e. The Labute approximate surface area is 115 Å². The Morgan fingerprint density at radius 1 is 1.33 bits per heavy atom. The minimum Gasteiger partial charge on any atom is -0.328 e. The van der Waals surface area contributed by atoms with Crippen LogP contribution in [0.4, 0.5) is 0 Å². The second-order valence-corrected chi connectivity index (χ2v) is 6.77. The van der Waals surface area contributed by atoms with Crippen molar-refractivity contribution in [1.29, 1.82) is 0 Å². The Kier molecular flexibility index (Phi) is 4.82. The molecule has 1 aromatic rings. The van der Waals surface area contributed by atoms with Gasteiger partial charge in [-0.1, -0.05) is 6.92 Å². The summed E-state index contributed by atoms with van der Waals surface area (Å²) in [5.41, 5.74) is 6.00. The molecular formula is C15H26N2S. The summed E-state index contributed by atoms with van der Waals surface area (Å²) < 4.78 is 0. The predicted octanol–water partition coefficient (Wildman–Crippen LogP) is 3.43. The molecule has 18 heavy (non-hydrogen) atoms. The van der Waals surface area contributed by atoms with Crippen LogP contribution >= 0.6 is 11.3 Å². The van der Waals surface area contributed by atoms with Gasteiger partial charge in [-0.05, 0) is 64.3 Å². The highest BCUT2D eigenvalue weighted by molar-refractivity contribution is 7.12. The molecule has 2 N–H and O–H groups in total. The van der Waals surface area contributed by atoms with E-state index in [1.54, 1.807) is 0 Å². The molecule has 0 bridgehead atoms. The Bertz CT molecular complexity index is 364. The minimum atomic E-state index is 0.357. The van der Waals surface area contributed by atoms with Crippen LogP contribution in [0.5, 0.6) is 0 Å². The van der Waals surface area contributed by atoms with Crippen LogP contribution in [-0.2, 0) is 6.42 Å². The molecule has 1 aliphatic rings. The lowest BCUT2D eigenvalue weighted by atomic mass is 9.90. The molecular weight excluding hydrogens is 240 g/mol. The molecule has 1 aliphatic heterocycles. The zero-order valence-electron chi connectivity index (χ0n) is 11.9. The van der Waals surface area contributed by atoms with Gasteiger partial charge in [-0.3, -0.25) is 4.90 Å². The maximum atomic E-state index is 6.00. The second-order valence-electron chi connectivity index (χ2n) is 5.57. The van der Waals surface area contributed by atoms with E-state index in [0.29, 0.717) is 12.1 Å².